The van der Waals surface area contributed by atoms with Gasteiger partial charge in [0.2, 0.25) is 0 Å². The Labute approximate surface area is 146 Å². The van der Waals surface area contributed by atoms with Crippen molar-refractivity contribution in [1.29, 1.82) is 0 Å². The second-order valence-corrected chi connectivity index (χ2v) is 6.08. The molecule has 2 aromatic rings. The van der Waals surface area contributed by atoms with Crippen LogP contribution in [0.1, 0.15) is 29.9 Å². The summed E-state index contributed by atoms with van der Waals surface area (Å²) in [7, 11) is 3.40. The van der Waals surface area contributed by atoms with E-state index in [0.29, 0.717) is 11.7 Å². The van der Waals surface area contributed by atoms with Crippen molar-refractivity contribution in [2.45, 2.75) is 18.5 Å². The predicted octanol–water partition coefficient (Wildman–Crippen LogP) is 1.96. The largest absolute Gasteiger partial charge is 0.469 e. The van der Waals surface area contributed by atoms with Gasteiger partial charge in [-0.3, -0.25) is 9.78 Å². The zero-order valence-electron chi connectivity index (χ0n) is 13.7. The smallest absolute Gasteiger partial charge is 0.307 e. The van der Waals surface area contributed by atoms with Gasteiger partial charge in [-0.1, -0.05) is 6.07 Å². The normalized spacial score (nSPS) is 20.1. The van der Waals surface area contributed by atoms with E-state index in [-0.39, 0.29) is 24.5 Å². The van der Waals surface area contributed by atoms with Crippen LogP contribution in [0.4, 0.5) is 0 Å². The molecule has 0 aromatic carbocycles. The molecule has 3 heterocycles. The van der Waals surface area contributed by atoms with E-state index in [1.807, 2.05) is 42.4 Å². The lowest BCUT2D eigenvalue weighted by Crippen LogP contribution is -2.32. The molecule has 0 aliphatic carbocycles. The zero-order chi connectivity index (χ0) is 17.1. The fourth-order valence-electron chi connectivity index (χ4n) is 3.06. The quantitative estimate of drug-likeness (QED) is 0.661. The highest BCUT2D eigenvalue weighted by molar-refractivity contribution is 7.80. The Morgan fingerprint density at radius 2 is 2.21 bits per heavy atom. The van der Waals surface area contributed by atoms with E-state index in [9.17, 15) is 4.79 Å². The predicted molar refractivity (Wildman–Crippen MR) is 94.2 cm³/mol. The monoisotopic (exact) mass is 344 g/mol. The van der Waals surface area contributed by atoms with Crippen LogP contribution in [0, 0.1) is 0 Å². The number of nitrogens with zero attached hydrogens (tertiary/aromatic N) is 3. The average molecular weight is 344 g/mol. The molecule has 6 nitrogen and oxygen atoms in total. The molecular weight excluding hydrogens is 324 g/mol. The van der Waals surface area contributed by atoms with Gasteiger partial charge in [-0.2, -0.15) is 0 Å². The molecule has 7 heteroatoms. The molecule has 126 valence electrons. The van der Waals surface area contributed by atoms with Crippen LogP contribution < -0.4 is 5.32 Å². The van der Waals surface area contributed by atoms with E-state index >= 15 is 0 Å². The maximum Gasteiger partial charge on any atom is 0.307 e. The molecule has 0 bridgehead atoms. The van der Waals surface area contributed by atoms with Gasteiger partial charge in [0.15, 0.2) is 5.11 Å². The second-order valence-electron chi connectivity index (χ2n) is 5.69. The van der Waals surface area contributed by atoms with Gasteiger partial charge in [-0.25, -0.2) is 0 Å². The number of ether oxygens (including phenoxy) is 1. The van der Waals surface area contributed by atoms with Gasteiger partial charge in [0.05, 0.1) is 31.3 Å². The molecule has 0 spiro atoms. The average Bonchev–Trinajstić information content (AvgIpc) is 3.16. The molecule has 2 atom stereocenters. The van der Waals surface area contributed by atoms with E-state index in [0.717, 1.165) is 11.4 Å². The number of nitrogens with one attached hydrogen (secondary N) is 1. The van der Waals surface area contributed by atoms with Crippen molar-refractivity contribution in [2.75, 3.05) is 13.7 Å². The first-order valence-corrected chi connectivity index (χ1v) is 8.18. The number of hydrogen-bond donors (Lipinski definition) is 1. The Morgan fingerprint density at radius 1 is 1.38 bits per heavy atom. The summed E-state index contributed by atoms with van der Waals surface area (Å²) in [6.45, 7) is 0.498. The minimum Gasteiger partial charge on any atom is -0.469 e. The lowest BCUT2D eigenvalue weighted by atomic mass is 10.0. The van der Waals surface area contributed by atoms with Crippen LogP contribution in [0.2, 0.25) is 0 Å². The van der Waals surface area contributed by atoms with Crippen LogP contribution in [-0.2, 0) is 16.6 Å². The van der Waals surface area contributed by atoms with E-state index in [4.69, 9.17) is 17.0 Å². The minimum atomic E-state index is -0.246. The molecule has 24 heavy (non-hydrogen) atoms. The Balaban J connectivity index is 1.94. The second kappa shape index (κ2) is 7.00. The molecule has 0 amide bonds. The molecule has 1 saturated heterocycles. The van der Waals surface area contributed by atoms with E-state index < -0.39 is 0 Å². The lowest BCUT2D eigenvalue weighted by Gasteiger charge is -2.27. The van der Waals surface area contributed by atoms with Gasteiger partial charge in [-0.15, -0.1) is 0 Å². The van der Waals surface area contributed by atoms with E-state index in [2.05, 4.69) is 20.9 Å². The van der Waals surface area contributed by atoms with Crippen molar-refractivity contribution in [3.63, 3.8) is 0 Å². The summed E-state index contributed by atoms with van der Waals surface area (Å²) in [6, 6.07) is 9.82. The number of thiocarbonyl (C=S) groups is 1. The number of pyridine rings is 1. The van der Waals surface area contributed by atoms with Crippen molar-refractivity contribution < 1.29 is 9.53 Å². The molecule has 2 aromatic heterocycles. The molecule has 0 radical (unpaired) electrons. The number of carbonyl (C=O) groups is 1. The van der Waals surface area contributed by atoms with Crippen molar-refractivity contribution in [3.8, 4) is 0 Å². The summed E-state index contributed by atoms with van der Waals surface area (Å²) < 4.78 is 6.83. The van der Waals surface area contributed by atoms with Gasteiger partial charge in [0.1, 0.15) is 0 Å². The Bertz CT molecular complexity index is 731. The van der Waals surface area contributed by atoms with Gasteiger partial charge >= 0.3 is 5.97 Å². The highest BCUT2D eigenvalue weighted by Crippen LogP contribution is 2.38. The third-order valence-electron chi connectivity index (χ3n) is 4.27. The highest BCUT2D eigenvalue weighted by atomic mass is 32.1. The Morgan fingerprint density at radius 3 is 2.83 bits per heavy atom. The van der Waals surface area contributed by atoms with E-state index in [1.54, 1.807) is 6.20 Å². The molecule has 1 aliphatic heterocycles. The molecule has 0 unspecified atom stereocenters. The molecular formula is C17H20N4O2S. The minimum absolute atomic E-state index is 0.0305. The standard InChI is InChI=1S/C17H20N4O2S/c1-20-10-5-7-13(20)16-15(12-6-3-4-9-18-12)19-17(24)21(16)11-8-14(22)23-2/h3-7,9-10,15-16H,8,11H2,1-2H3,(H,19,24)/t15-,16+/m1/s1. The fourth-order valence-corrected chi connectivity index (χ4v) is 3.40. The van der Waals surface area contributed by atoms with Crippen molar-refractivity contribution in [1.82, 2.24) is 19.8 Å². The molecule has 1 N–H and O–H groups in total. The van der Waals surface area contributed by atoms with E-state index in [1.165, 1.54) is 7.11 Å². The van der Waals surface area contributed by atoms with Gasteiger partial charge < -0.3 is 19.5 Å². The third kappa shape index (κ3) is 3.12. The topological polar surface area (TPSA) is 59.4 Å². The zero-order valence-corrected chi connectivity index (χ0v) is 14.5. The fraction of sp³-hybridized carbons (Fsp3) is 0.353. The van der Waals surface area contributed by atoms with Crippen LogP contribution in [0.25, 0.3) is 0 Å². The summed E-state index contributed by atoms with van der Waals surface area (Å²) in [4.78, 5) is 18.1. The number of aryl methyl sites for hydroxylation is 1. The van der Waals surface area contributed by atoms with Crippen molar-refractivity contribution in [3.05, 3.63) is 54.1 Å². The van der Waals surface area contributed by atoms with Gasteiger partial charge in [0.25, 0.3) is 0 Å². The molecule has 1 aliphatic rings. The summed E-state index contributed by atoms with van der Waals surface area (Å²) in [6.07, 6.45) is 4.07. The van der Waals surface area contributed by atoms with Crippen LogP contribution >= 0.6 is 12.2 Å². The number of methoxy groups -OCH3 is 1. The summed E-state index contributed by atoms with van der Waals surface area (Å²) >= 11 is 5.53. The lowest BCUT2D eigenvalue weighted by molar-refractivity contribution is -0.140. The Hall–Kier alpha value is -2.41. The molecule has 0 saturated carbocycles. The highest BCUT2D eigenvalue weighted by Gasteiger charge is 2.40. The third-order valence-corrected chi connectivity index (χ3v) is 4.62. The summed E-state index contributed by atoms with van der Waals surface area (Å²) in [5, 5.41) is 3.98. The maximum absolute atomic E-state index is 11.6. The Kier molecular flexibility index (Phi) is 4.80. The van der Waals surface area contributed by atoms with Crippen molar-refractivity contribution in [2.24, 2.45) is 7.05 Å². The number of esters is 1. The maximum atomic E-state index is 11.6. The van der Waals surface area contributed by atoms with Crippen LogP contribution in [-0.4, -0.2) is 39.2 Å². The first-order chi connectivity index (χ1) is 11.6. The summed E-state index contributed by atoms with van der Waals surface area (Å²) in [5.74, 6) is -0.246. The van der Waals surface area contributed by atoms with Gasteiger partial charge in [0, 0.05) is 31.7 Å². The molecule has 1 fully saturated rings. The van der Waals surface area contributed by atoms with Crippen LogP contribution in [0.15, 0.2) is 42.7 Å². The van der Waals surface area contributed by atoms with Crippen LogP contribution in [0.5, 0.6) is 0 Å². The van der Waals surface area contributed by atoms with Gasteiger partial charge in [-0.05, 0) is 36.5 Å². The number of hydrogen-bond acceptors (Lipinski definition) is 4. The first kappa shape index (κ1) is 16.4. The number of carbonyl (C=O) groups excluding carboxylic acids is 1. The van der Waals surface area contributed by atoms with Crippen LogP contribution in [0.3, 0.4) is 0 Å². The van der Waals surface area contributed by atoms with Crippen molar-refractivity contribution >= 4 is 23.3 Å². The number of rotatable bonds is 5. The number of aromatic nitrogens is 2. The molecule has 3 rings (SSSR count). The SMILES string of the molecule is COC(=O)CCN1C(=S)N[C@H](c2ccccn2)[C@@H]1c1cccn1C. The summed E-state index contributed by atoms with van der Waals surface area (Å²) in [5.41, 5.74) is 2.04. The first-order valence-electron chi connectivity index (χ1n) is 7.78.